The molecule has 0 aromatic carbocycles. The summed E-state index contributed by atoms with van der Waals surface area (Å²) in [6.07, 6.45) is 1.30. The molecule has 0 aliphatic carbocycles. The molecule has 1 amide bonds. The van der Waals surface area contributed by atoms with Crippen molar-refractivity contribution in [2.24, 2.45) is 5.73 Å². The van der Waals surface area contributed by atoms with E-state index in [1.807, 2.05) is 6.92 Å². The Morgan fingerprint density at radius 2 is 1.76 bits per heavy atom. The molecule has 2 unspecified atom stereocenters. The molecule has 102 valence electrons. The zero-order valence-electron chi connectivity index (χ0n) is 11.1. The molecule has 0 aliphatic heterocycles. The molecule has 0 bridgehead atoms. The zero-order chi connectivity index (χ0) is 13.7. The van der Waals surface area contributed by atoms with Crippen LogP contribution in [-0.4, -0.2) is 40.4 Å². The quantitative estimate of drug-likeness (QED) is 0.543. The Hall–Kier alpha value is 0.0469. The van der Waals surface area contributed by atoms with Gasteiger partial charge in [-0.25, -0.2) is 0 Å². The number of alkyl halides is 1. The van der Waals surface area contributed by atoms with E-state index in [0.29, 0.717) is 6.42 Å². The lowest BCUT2D eigenvalue weighted by atomic mass is 10.0. The van der Waals surface area contributed by atoms with Crippen LogP contribution in [0.4, 0.5) is 0 Å². The highest BCUT2D eigenvalue weighted by Gasteiger charge is 2.49. The van der Waals surface area contributed by atoms with Gasteiger partial charge < -0.3 is 19.0 Å². The number of amides is 1. The molecular formula is C10H22BrNO4Si. The Kier molecular flexibility index (Phi) is 6.86. The molecule has 0 spiro atoms. The van der Waals surface area contributed by atoms with Crippen molar-refractivity contribution in [1.29, 1.82) is 0 Å². The minimum Gasteiger partial charge on any atom is -0.377 e. The molecule has 7 heteroatoms. The Morgan fingerprint density at radius 1 is 1.35 bits per heavy atom. The van der Waals surface area contributed by atoms with Crippen LogP contribution in [-0.2, 0) is 18.1 Å². The fourth-order valence-electron chi connectivity index (χ4n) is 1.83. The van der Waals surface area contributed by atoms with E-state index in [1.165, 1.54) is 0 Å². The van der Waals surface area contributed by atoms with Gasteiger partial charge in [-0.2, -0.15) is 0 Å². The van der Waals surface area contributed by atoms with Gasteiger partial charge in [0.1, 0.15) is 4.32 Å². The normalized spacial score (nSPS) is 17.5. The van der Waals surface area contributed by atoms with Crippen LogP contribution >= 0.6 is 15.9 Å². The minimum atomic E-state index is -2.74. The molecule has 0 rings (SSSR count). The first-order valence-corrected chi connectivity index (χ1v) is 8.03. The van der Waals surface area contributed by atoms with Crippen LogP contribution in [0.2, 0.25) is 5.54 Å². The van der Waals surface area contributed by atoms with Crippen molar-refractivity contribution >= 4 is 30.6 Å². The van der Waals surface area contributed by atoms with Crippen molar-refractivity contribution in [3.8, 4) is 0 Å². The third-order valence-electron chi connectivity index (χ3n) is 2.99. The molecule has 0 heterocycles. The average Bonchev–Trinajstić information content (AvgIpc) is 2.30. The summed E-state index contributed by atoms with van der Waals surface area (Å²) in [7, 11) is 1.96. The number of primary amides is 1. The van der Waals surface area contributed by atoms with Gasteiger partial charge in [-0.05, 0) is 19.8 Å². The van der Waals surface area contributed by atoms with Crippen molar-refractivity contribution in [2.75, 3.05) is 21.3 Å². The van der Waals surface area contributed by atoms with Crippen molar-refractivity contribution in [1.82, 2.24) is 0 Å². The molecule has 5 nitrogen and oxygen atoms in total. The SMILES string of the molecule is CCC(CC(C)(Br)C(N)=O)[Si](OC)(OC)OC. The minimum absolute atomic E-state index is 0.0133. The highest BCUT2D eigenvalue weighted by molar-refractivity contribution is 9.10. The fourth-order valence-corrected chi connectivity index (χ4v) is 5.18. The smallest absolute Gasteiger partial charge is 0.377 e. The van der Waals surface area contributed by atoms with E-state index in [2.05, 4.69) is 15.9 Å². The predicted octanol–water partition coefficient (Wildman–Crippen LogP) is 1.67. The average molecular weight is 328 g/mol. The molecule has 0 saturated carbocycles. The van der Waals surface area contributed by atoms with Gasteiger partial charge in [0.2, 0.25) is 5.91 Å². The number of rotatable bonds is 8. The summed E-state index contributed by atoms with van der Waals surface area (Å²) < 4.78 is 15.5. The Bertz CT molecular complexity index is 250. The van der Waals surface area contributed by atoms with Gasteiger partial charge in [-0.3, -0.25) is 4.79 Å². The van der Waals surface area contributed by atoms with Gasteiger partial charge in [0.25, 0.3) is 0 Å². The van der Waals surface area contributed by atoms with E-state index in [1.54, 1.807) is 28.3 Å². The van der Waals surface area contributed by atoms with Gasteiger partial charge in [0.05, 0.1) is 0 Å². The lowest BCUT2D eigenvalue weighted by molar-refractivity contribution is -0.120. The Labute approximate surface area is 112 Å². The second-order valence-electron chi connectivity index (χ2n) is 4.09. The molecule has 0 aliphatic rings. The van der Waals surface area contributed by atoms with Crippen molar-refractivity contribution < 1.29 is 18.1 Å². The lowest BCUT2D eigenvalue weighted by Crippen LogP contribution is -2.50. The molecule has 2 N–H and O–H groups in total. The van der Waals surface area contributed by atoms with Crippen LogP contribution in [0.1, 0.15) is 26.7 Å². The first kappa shape index (κ1) is 17.0. The number of halogens is 1. The van der Waals surface area contributed by atoms with Crippen LogP contribution in [0, 0.1) is 0 Å². The summed E-state index contributed by atoms with van der Waals surface area (Å²) in [5.41, 5.74) is 5.36. The van der Waals surface area contributed by atoms with Crippen molar-refractivity contribution in [3.05, 3.63) is 0 Å². The van der Waals surface area contributed by atoms with Crippen molar-refractivity contribution in [3.63, 3.8) is 0 Å². The molecule has 0 fully saturated rings. The predicted molar refractivity (Wildman–Crippen MR) is 72.0 cm³/mol. The van der Waals surface area contributed by atoms with Gasteiger partial charge in [-0.15, -0.1) is 0 Å². The molecule has 0 saturated heterocycles. The van der Waals surface area contributed by atoms with Gasteiger partial charge >= 0.3 is 8.80 Å². The van der Waals surface area contributed by atoms with E-state index in [0.717, 1.165) is 6.42 Å². The molecule has 2 atom stereocenters. The number of carbonyl (C=O) groups is 1. The summed E-state index contributed by atoms with van der Waals surface area (Å²) in [5, 5.41) is 0. The summed E-state index contributed by atoms with van der Waals surface area (Å²) in [4.78, 5) is 11.3. The fraction of sp³-hybridized carbons (Fsp3) is 0.900. The standard InChI is InChI=1S/C10H22BrNO4Si/c1-6-8(7-10(2,11)9(12)13)17(14-3,15-4)16-5/h8H,6-7H2,1-5H3,(H2,12,13). The summed E-state index contributed by atoms with van der Waals surface area (Å²) >= 11 is 3.35. The second kappa shape index (κ2) is 6.84. The summed E-state index contributed by atoms with van der Waals surface area (Å²) in [6, 6.07) is 0. The second-order valence-corrected chi connectivity index (χ2v) is 9.09. The first-order valence-electron chi connectivity index (χ1n) is 5.43. The highest BCUT2D eigenvalue weighted by atomic mass is 79.9. The van der Waals surface area contributed by atoms with E-state index < -0.39 is 19.0 Å². The maximum atomic E-state index is 11.3. The van der Waals surface area contributed by atoms with E-state index in [4.69, 9.17) is 19.0 Å². The van der Waals surface area contributed by atoms with E-state index >= 15 is 0 Å². The molecule has 0 aromatic rings. The summed E-state index contributed by atoms with van der Waals surface area (Å²) in [5.74, 6) is -0.401. The zero-order valence-corrected chi connectivity index (χ0v) is 13.7. The lowest BCUT2D eigenvalue weighted by Gasteiger charge is -2.34. The summed E-state index contributed by atoms with van der Waals surface area (Å²) in [6.45, 7) is 3.76. The third kappa shape index (κ3) is 4.03. The molecule has 0 radical (unpaired) electrons. The Morgan fingerprint density at radius 3 is 2.00 bits per heavy atom. The van der Waals surface area contributed by atoms with Crippen molar-refractivity contribution in [2.45, 2.75) is 36.6 Å². The van der Waals surface area contributed by atoms with E-state index in [9.17, 15) is 4.79 Å². The van der Waals surface area contributed by atoms with Crippen LogP contribution in [0.3, 0.4) is 0 Å². The topological polar surface area (TPSA) is 70.8 Å². The van der Waals surface area contributed by atoms with Crippen LogP contribution in [0.5, 0.6) is 0 Å². The number of hydrogen-bond donors (Lipinski definition) is 1. The first-order chi connectivity index (χ1) is 7.79. The Balaban J connectivity index is 5.00. The largest absolute Gasteiger partial charge is 0.503 e. The molecule has 17 heavy (non-hydrogen) atoms. The highest BCUT2D eigenvalue weighted by Crippen LogP contribution is 2.38. The van der Waals surface area contributed by atoms with Gasteiger partial charge in [0.15, 0.2) is 0 Å². The maximum absolute atomic E-state index is 11.3. The van der Waals surface area contributed by atoms with Crippen LogP contribution < -0.4 is 5.73 Å². The van der Waals surface area contributed by atoms with Gasteiger partial charge in [0, 0.05) is 26.9 Å². The number of hydrogen-bond acceptors (Lipinski definition) is 4. The monoisotopic (exact) mass is 327 g/mol. The molecular weight excluding hydrogens is 306 g/mol. The van der Waals surface area contributed by atoms with Crippen LogP contribution in [0.25, 0.3) is 0 Å². The van der Waals surface area contributed by atoms with Crippen LogP contribution in [0.15, 0.2) is 0 Å². The van der Waals surface area contributed by atoms with E-state index in [-0.39, 0.29) is 5.54 Å². The van der Waals surface area contributed by atoms with Gasteiger partial charge in [-0.1, -0.05) is 22.9 Å². The number of nitrogens with two attached hydrogens (primary N) is 1. The molecule has 0 aromatic heterocycles. The number of carbonyl (C=O) groups excluding carboxylic acids is 1. The maximum Gasteiger partial charge on any atom is 0.503 e. The third-order valence-corrected chi connectivity index (χ3v) is 7.02.